The molecule has 2 aliphatic heterocycles. The second kappa shape index (κ2) is 26.7. The summed E-state index contributed by atoms with van der Waals surface area (Å²) >= 11 is 0. The highest BCUT2D eigenvalue weighted by Crippen LogP contribution is 2.66. The van der Waals surface area contributed by atoms with Crippen LogP contribution in [0.25, 0.3) is 0 Å². The summed E-state index contributed by atoms with van der Waals surface area (Å²) in [5.74, 6) is 5.20. The molecular formula is C45H62BN3O17P3S4. The minimum Gasteiger partial charge on any atom is -0.478 e. The number of carbonyl (C=O) groups is 2. The van der Waals surface area contributed by atoms with Crippen LogP contribution in [0.3, 0.4) is 0 Å². The van der Waals surface area contributed by atoms with Crippen molar-refractivity contribution < 1.29 is 80.1 Å². The van der Waals surface area contributed by atoms with Crippen molar-refractivity contribution in [1.82, 2.24) is 5.32 Å². The molecule has 0 bridgehead atoms. The predicted molar refractivity (Wildman–Crippen MR) is 288 cm³/mol. The number of hydrogen-bond donors (Lipinski definition) is 7. The van der Waals surface area contributed by atoms with E-state index in [0.29, 0.717) is 30.2 Å². The first kappa shape index (κ1) is 61.3. The summed E-state index contributed by atoms with van der Waals surface area (Å²) in [5, 5.41) is 17.0. The fraction of sp³-hybridized carbons (Fsp3) is 0.533. The number of allylic oxidation sites excluding steroid dienone is 3. The lowest BCUT2D eigenvalue weighted by Crippen LogP contribution is -2.36. The standard InChI is InChI=1S/C45H62BN3O17P3S4/c1-10-47-34-20-36-32(17-27(34)3)41(33-18-28(4)35(48-11-2)21-37(33)63-36)30-14-13-29(19-31(30)43(51)52)42(50)49-24-45(8,9)73-70-25-60-16-12-15-46-40-22-38(61-26-71-72-44(5,6)7)39(64-40)23-62-68(56,57)66-69(58,59)65-67(53,54)55/h13-14,17-21,32,38-41,48H,10-11,16,22-26H2,1-9H3,(H,49,50)(H,51,52)(H,56,57)(H,58,59)(H2,53,54,55)/t32?,38-,39-,40-,41?/m1/s1. The molecule has 28 heteroatoms. The number of phosphoric ester groups is 1. The number of hydrogen-bond acceptors (Lipinski definition) is 18. The summed E-state index contributed by atoms with van der Waals surface area (Å²) < 4.78 is 71.0. The molecule has 401 valence electrons. The average Bonchev–Trinajstić information content (AvgIpc) is 3.67. The molecule has 1 radical (unpaired) electrons. The lowest BCUT2D eigenvalue weighted by molar-refractivity contribution is -0.0240. The summed E-state index contributed by atoms with van der Waals surface area (Å²) in [5.41, 5.74) is 5.33. The second-order valence-corrected chi connectivity index (χ2v) is 28.7. The van der Waals surface area contributed by atoms with Gasteiger partial charge in [0, 0.05) is 75.9 Å². The van der Waals surface area contributed by atoms with Crippen molar-refractivity contribution >= 4 is 97.2 Å². The monoisotopic (exact) mass is 1150 g/mol. The van der Waals surface area contributed by atoms with Crippen molar-refractivity contribution in [3.63, 3.8) is 0 Å². The fourth-order valence-corrected chi connectivity index (χ4v) is 14.8. The molecule has 7 atom stereocenters. The quantitative estimate of drug-likeness (QED) is 0.0122. The van der Waals surface area contributed by atoms with Gasteiger partial charge in [0.1, 0.15) is 36.1 Å². The number of amides is 1. The largest absolute Gasteiger partial charge is 0.490 e. The highest BCUT2D eigenvalue weighted by atomic mass is 33.1. The van der Waals surface area contributed by atoms with Crippen LogP contribution in [0.4, 0.5) is 5.69 Å². The Morgan fingerprint density at radius 3 is 2.36 bits per heavy atom. The Balaban J connectivity index is 1.13. The minimum absolute atomic E-state index is 0.0192. The van der Waals surface area contributed by atoms with Crippen LogP contribution < -0.4 is 15.4 Å². The normalized spacial score (nSPS) is 22.0. The van der Waals surface area contributed by atoms with Crippen molar-refractivity contribution in [1.29, 1.82) is 0 Å². The molecular weight excluding hydrogens is 1090 g/mol. The zero-order valence-corrected chi connectivity index (χ0v) is 47.7. The van der Waals surface area contributed by atoms with Gasteiger partial charge in [-0.2, -0.15) is 14.4 Å². The molecule has 0 spiro atoms. The van der Waals surface area contributed by atoms with E-state index in [1.54, 1.807) is 30.2 Å². The minimum atomic E-state index is -5.70. The van der Waals surface area contributed by atoms with Crippen LogP contribution in [0.1, 0.15) is 105 Å². The Kier molecular flexibility index (Phi) is 22.4. The van der Waals surface area contributed by atoms with Crippen LogP contribution >= 0.6 is 66.6 Å². The molecule has 2 heterocycles. The number of ether oxygens (including phenoxy) is 4. The number of nitrogens with one attached hydrogen (secondary N) is 2. The van der Waals surface area contributed by atoms with E-state index in [9.17, 15) is 38.2 Å². The van der Waals surface area contributed by atoms with Crippen molar-refractivity contribution in [3.05, 3.63) is 81.6 Å². The molecule has 1 fully saturated rings. The van der Waals surface area contributed by atoms with Gasteiger partial charge in [0.15, 0.2) is 0 Å². The lowest BCUT2D eigenvalue weighted by Gasteiger charge is -2.37. The van der Waals surface area contributed by atoms with E-state index in [2.05, 4.69) is 42.1 Å². The van der Waals surface area contributed by atoms with Gasteiger partial charge >= 0.3 is 29.4 Å². The summed E-state index contributed by atoms with van der Waals surface area (Å²) in [6, 6.07) is 8.21. The Hall–Kier alpha value is -2.56. The van der Waals surface area contributed by atoms with Crippen LogP contribution in [0, 0.1) is 24.6 Å². The van der Waals surface area contributed by atoms with Gasteiger partial charge < -0.3 is 54.3 Å². The molecule has 0 aromatic heterocycles. The molecule has 2 aromatic carbocycles. The first-order valence-electron chi connectivity index (χ1n) is 22.8. The second-order valence-electron chi connectivity index (χ2n) is 18.3. The van der Waals surface area contributed by atoms with Crippen molar-refractivity contribution in [2.75, 3.05) is 50.0 Å². The topological polar surface area (TPSA) is 288 Å². The van der Waals surface area contributed by atoms with Crippen molar-refractivity contribution in [2.45, 2.75) is 102 Å². The fourth-order valence-electron chi connectivity index (χ4n) is 7.63. The first-order valence-corrected chi connectivity index (χ1v) is 32.0. The van der Waals surface area contributed by atoms with Crippen molar-refractivity contribution in [3.8, 4) is 17.5 Å². The number of aromatic carboxylic acids is 1. The Morgan fingerprint density at radius 2 is 1.68 bits per heavy atom. The van der Waals surface area contributed by atoms with Crippen molar-refractivity contribution in [2.24, 2.45) is 10.9 Å². The third-order valence-electron chi connectivity index (χ3n) is 10.6. The zero-order valence-electron chi connectivity index (χ0n) is 41.7. The molecule has 1 saturated heterocycles. The van der Waals surface area contributed by atoms with Gasteiger partial charge in [-0.15, -0.1) is 0 Å². The number of aryl methyl sites for hydroxylation is 1. The highest BCUT2D eigenvalue weighted by molar-refractivity contribution is 8.77. The lowest BCUT2D eigenvalue weighted by atomic mass is 9.71. The van der Waals surface area contributed by atoms with Crippen LogP contribution in [-0.4, -0.2) is 122 Å². The number of anilines is 1. The number of aliphatic imine (C=N–C) groups is 1. The smallest absolute Gasteiger partial charge is 0.478 e. The van der Waals surface area contributed by atoms with E-state index < -0.39 is 70.8 Å². The third kappa shape index (κ3) is 19.1. The number of nitrogens with zero attached hydrogens (tertiary/aromatic N) is 1. The number of carboxylic acids is 1. The van der Waals surface area contributed by atoms with E-state index in [4.69, 9.17) is 33.3 Å². The first-order chi connectivity index (χ1) is 34.1. The maximum absolute atomic E-state index is 13.6. The number of benzene rings is 2. The average molecular weight is 1150 g/mol. The van der Waals surface area contributed by atoms with Gasteiger partial charge in [0.05, 0.1) is 24.0 Å². The predicted octanol–water partition coefficient (Wildman–Crippen LogP) is 9.08. The summed E-state index contributed by atoms with van der Waals surface area (Å²) in [4.78, 5) is 68.3. The van der Waals surface area contributed by atoms with Gasteiger partial charge in [-0.3, -0.25) is 14.3 Å². The summed E-state index contributed by atoms with van der Waals surface area (Å²) in [6.45, 7) is 18.9. The molecule has 1 aliphatic carbocycles. The molecule has 20 nitrogen and oxygen atoms in total. The third-order valence-corrected chi connectivity index (χ3v) is 20.4. The molecule has 3 aliphatic rings. The molecule has 1 amide bonds. The molecule has 2 aromatic rings. The van der Waals surface area contributed by atoms with Crippen LogP contribution in [0.2, 0.25) is 0 Å². The SMILES string of the molecule is CCN=C1C=C2Oc3cc(NCC)c(C)cc3C(c3ccc(C(=O)NCC(C)(C)SSCOCC#C[B][C@H]4C[C@@H](OCSSC(C)(C)C)[C@@H](COP(=O)(O)OP(=O)(O)OP(=O)(O)O)O4)cc3C(=O)O)C2C=C1C. The van der Waals surface area contributed by atoms with E-state index >= 15 is 0 Å². The summed E-state index contributed by atoms with van der Waals surface area (Å²) in [6.07, 6.45) is 2.63. The molecule has 4 unspecified atom stereocenters. The van der Waals surface area contributed by atoms with Crippen LogP contribution in [-0.2, 0) is 41.1 Å². The van der Waals surface area contributed by atoms with Gasteiger partial charge in [0.2, 0.25) is 0 Å². The number of rotatable bonds is 25. The molecule has 0 saturated carbocycles. The zero-order chi connectivity index (χ0) is 53.9. The Morgan fingerprint density at radius 1 is 0.959 bits per heavy atom. The van der Waals surface area contributed by atoms with Crippen LogP contribution in [0.5, 0.6) is 5.75 Å². The Labute approximate surface area is 442 Å². The number of fused-ring (bicyclic) bond motifs is 2. The van der Waals surface area contributed by atoms with E-state index in [1.165, 1.54) is 38.4 Å². The Bertz CT molecular complexity index is 2640. The maximum Gasteiger partial charge on any atom is 0.490 e. The van der Waals surface area contributed by atoms with Gasteiger partial charge in [-0.05, 0) is 82.9 Å². The van der Waals surface area contributed by atoms with Gasteiger partial charge in [-0.25, -0.2) is 18.5 Å². The van der Waals surface area contributed by atoms with E-state index in [1.807, 2.05) is 80.5 Å². The molecule has 73 heavy (non-hydrogen) atoms. The van der Waals surface area contributed by atoms with Gasteiger partial charge in [-0.1, -0.05) is 82.0 Å². The van der Waals surface area contributed by atoms with Crippen LogP contribution in [0.15, 0.2) is 58.8 Å². The number of phosphoric acid groups is 3. The highest BCUT2D eigenvalue weighted by Gasteiger charge is 2.44. The summed E-state index contributed by atoms with van der Waals surface area (Å²) in [7, 11) is -9.18. The molecule has 5 rings (SSSR count). The van der Waals surface area contributed by atoms with E-state index in [-0.39, 0.29) is 53.2 Å². The maximum atomic E-state index is 13.6. The molecule has 7 N–H and O–H groups in total. The number of carbonyl (C=O) groups excluding carboxylic acids is 1. The number of carboxylic acid groups (broad SMARTS) is 1. The van der Waals surface area contributed by atoms with E-state index in [0.717, 1.165) is 28.1 Å². The van der Waals surface area contributed by atoms with Gasteiger partial charge in [0.25, 0.3) is 13.2 Å².